The molecule has 2 aliphatic rings. The first kappa shape index (κ1) is 16.5. The van der Waals surface area contributed by atoms with Gasteiger partial charge < -0.3 is 5.32 Å². The van der Waals surface area contributed by atoms with E-state index < -0.39 is 9.84 Å². The molecule has 2 unspecified atom stereocenters. The molecule has 0 spiro atoms. The van der Waals surface area contributed by atoms with Crippen LogP contribution in [-0.2, 0) is 21.1 Å². The van der Waals surface area contributed by atoms with E-state index in [9.17, 15) is 13.2 Å². The highest BCUT2D eigenvalue weighted by atomic mass is 32.2. The molecule has 1 aliphatic carbocycles. The molecule has 1 saturated heterocycles. The average molecular weight is 336 g/mol. The van der Waals surface area contributed by atoms with Gasteiger partial charge in [-0.05, 0) is 43.9 Å². The molecular formula is C17H24N2O3S. The first-order chi connectivity index (χ1) is 10.9. The van der Waals surface area contributed by atoms with Crippen molar-refractivity contribution in [2.24, 2.45) is 0 Å². The lowest BCUT2D eigenvalue weighted by atomic mass is 9.87. The van der Waals surface area contributed by atoms with E-state index in [0.717, 1.165) is 19.3 Å². The van der Waals surface area contributed by atoms with Gasteiger partial charge in [-0.3, -0.25) is 9.69 Å². The van der Waals surface area contributed by atoms with Gasteiger partial charge in [0.25, 0.3) is 0 Å². The Morgan fingerprint density at radius 1 is 1.30 bits per heavy atom. The topological polar surface area (TPSA) is 66.5 Å². The summed E-state index contributed by atoms with van der Waals surface area (Å²) in [7, 11) is -0.988. The van der Waals surface area contributed by atoms with Crippen LogP contribution in [0.15, 0.2) is 24.3 Å². The molecule has 1 aromatic carbocycles. The van der Waals surface area contributed by atoms with Crippen molar-refractivity contribution in [3.05, 3.63) is 35.4 Å². The molecule has 0 aromatic heterocycles. The average Bonchev–Trinajstić information content (AvgIpc) is 2.85. The third kappa shape index (κ3) is 3.93. The third-order valence-corrected chi connectivity index (χ3v) is 6.63. The normalized spacial score (nSPS) is 26.0. The lowest BCUT2D eigenvalue weighted by Crippen LogP contribution is -2.42. The molecule has 1 heterocycles. The minimum Gasteiger partial charge on any atom is -0.351 e. The number of nitrogens with one attached hydrogen (secondary N) is 1. The number of amides is 1. The van der Waals surface area contributed by atoms with Gasteiger partial charge in [0.15, 0.2) is 9.84 Å². The van der Waals surface area contributed by atoms with E-state index in [2.05, 4.69) is 34.5 Å². The van der Waals surface area contributed by atoms with E-state index in [-0.39, 0.29) is 29.5 Å². The smallest absolute Gasteiger partial charge is 0.234 e. The summed E-state index contributed by atoms with van der Waals surface area (Å²) in [5.41, 5.74) is 2.69. The highest BCUT2D eigenvalue weighted by molar-refractivity contribution is 7.91. The maximum atomic E-state index is 12.2. The summed E-state index contributed by atoms with van der Waals surface area (Å²) < 4.78 is 22.9. The first-order valence-corrected chi connectivity index (χ1v) is 10.0. The molecule has 0 bridgehead atoms. The number of fused-ring (bicyclic) bond motifs is 1. The second-order valence-corrected chi connectivity index (χ2v) is 8.92. The van der Waals surface area contributed by atoms with Gasteiger partial charge in [0.2, 0.25) is 5.91 Å². The monoisotopic (exact) mass is 336 g/mol. The molecule has 1 amide bonds. The molecule has 1 fully saturated rings. The molecule has 1 N–H and O–H groups in total. The van der Waals surface area contributed by atoms with Crippen molar-refractivity contribution < 1.29 is 13.2 Å². The van der Waals surface area contributed by atoms with Crippen LogP contribution in [0.4, 0.5) is 0 Å². The van der Waals surface area contributed by atoms with Crippen LogP contribution in [-0.4, -0.2) is 50.4 Å². The Hall–Kier alpha value is -1.40. The fraction of sp³-hybridized carbons (Fsp3) is 0.588. The number of hydrogen-bond acceptors (Lipinski definition) is 4. The van der Waals surface area contributed by atoms with E-state index in [0.29, 0.717) is 13.0 Å². The van der Waals surface area contributed by atoms with E-state index in [1.807, 2.05) is 7.05 Å². The Morgan fingerprint density at radius 3 is 2.83 bits per heavy atom. The Labute approximate surface area is 138 Å². The Morgan fingerprint density at radius 2 is 2.09 bits per heavy atom. The summed E-state index contributed by atoms with van der Waals surface area (Å²) >= 11 is 0. The van der Waals surface area contributed by atoms with Crippen LogP contribution in [0.3, 0.4) is 0 Å². The fourth-order valence-corrected chi connectivity index (χ4v) is 5.38. The number of nitrogens with zero attached hydrogens (tertiary/aromatic N) is 1. The molecule has 0 saturated carbocycles. The van der Waals surface area contributed by atoms with Crippen LogP contribution in [0.1, 0.15) is 36.4 Å². The van der Waals surface area contributed by atoms with Crippen molar-refractivity contribution in [3.8, 4) is 0 Å². The van der Waals surface area contributed by atoms with Crippen LogP contribution in [0.5, 0.6) is 0 Å². The summed E-state index contributed by atoms with van der Waals surface area (Å²) in [5.74, 6) is 0.177. The van der Waals surface area contributed by atoms with Gasteiger partial charge in [-0.15, -0.1) is 0 Å². The van der Waals surface area contributed by atoms with Crippen molar-refractivity contribution >= 4 is 15.7 Å². The van der Waals surface area contributed by atoms with Gasteiger partial charge in [-0.1, -0.05) is 24.3 Å². The lowest BCUT2D eigenvalue weighted by molar-refractivity contribution is -0.123. The van der Waals surface area contributed by atoms with Crippen molar-refractivity contribution in [3.63, 3.8) is 0 Å². The number of hydrogen-bond donors (Lipinski definition) is 1. The first-order valence-electron chi connectivity index (χ1n) is 8.22. The van der Waals surface area contributed by atoms with Crippen LogP contribution in [0.25, 0.3) is 0 Å². The van der Waals surface area contributed by atoms with E-state index in [1.165, 1.54) is 11.1 Å². The number of benzene rings is 1. The Bertz CT molecular complexity index is 687. The number of carbonyl (C=O) groups is 1. The molecule has 2 atom stereocenters. The predicted octanol–water partition coefficient (Wildman–Crippen LogP) is 1.30. The molecule has 6 heteroatoms. The molecule has 1 aliphatic heterocycles. The van der Waals surface area contributed by atoms with Gasteiger partial charge in [0.05, 0.1) is 18.1 Å². The summed E-state index contributed by atoms with van der Waals surface area (Å²) in [4.78, 5) is 14.3. The van der Waals surface area contributed by atoms with E-state index in [4.69, 9.17) is 0 Å². The minimum absolute atomic E-state index is 0.0781. The summed E-state index contributed by atoms with van der Waals surface area (Å²) in [6, 6.07) is 8.47. The molecule has 23 heavy (non-hydrogen) atoms. The minimum atomic E-state index is -2.96. The predicted molar refractivity (Wildman–Crippen MR) is 90.0 cm³/mol. The van der Waals surface area contributed by atoms with Gasteiger partial charge >= 0.3 is 0 Å². The standard InChI is InChI=1S/C17H24N2O3S/c1-19(11-17(20)18-14-9-10-23(21,22)12-14)16-8-4-6-13-5-2-3-7-15(13)16/h2-3,5,7,14,16H,4,6,8-12H2,1H3,(H,18,20). The Balaban J connectivity index is 1.59. The van der Waals surface area contributed by atoms with Crippen molar-refractivity contribution in [2.45, 2.75) is 37.8 Å². The zero-order valence-electron chi connectivity index (χ0n) is 13.5. The lowest BCUT2D eigenvalue weighted by Gasteiger charge is -2.33. The second-order valence-electron chi connectivity index (χ2n) is 6.69. The quantitative estimate of drug-likeness (QED) is 0.900. The maximum Gasteiger partial charge on any atom is 0.234 e. The van der Waals surface area contributed by atoms with Crippen LogP contribution in [0, 0.1) is 0 Å². The molecular weight excluding hydrogens is 312 g/mol. The highest BCUT2D eigenvalue weighted by Gasteiger charge is 2.30. The van der Waals surface area contributed by atoms with Gasteiger partial charge in [-0.2, -0.15) is 0 Å². The third-order valence-electron chi connectivity index (χ3n) is 4.86. The molecule has 126 valence electrons. The largest absolute Gasteiger partial charge is 0.351 e. The molecule has 0 radical (unpaired) electrons. The van der Waals surface area contributed by atoms with Crippen molar-refractivity contribution in [2.75, 3.05) is 25.1 Å². The van der Waals surface area contributed by atoms with Gasteiger partial charge in [-0.25, -0.2) is 8.42 Å². The van der Waals surface area contributed by atoms with Gasteiger partial charge in [0, 0.05) is 12.1 Å². The summed E-state index contributed by atoms with van der Waals surface area (Å²) in [5, 5.41) is 2.87. The Kier molecular flexibility index (Phi) is 4.73. The van der Waals surface area contributed by atoms with Crippen LogP contribution >= 0.6 is 0 Å². The van der Waals surface area contributed by atoms with Crippen LogP contribution < -0.4 is 5.32 Å². The summed E-state index contributed by atoms with van der Waals surface area (Å²) in [6.07, 6.45) is 3.82. The fourth-order valence-electron chi connectivity index (χ4n) is 3.71. The number of sulfone groups is 1. The number of rotatable bonds is 4. The van der Waals surface area contributed by atoms with Crippen molar-refractivity contribution in [1.29, 1.82) is 0 Å². The number of carbonyl (C=O) groups excluding carboxylic acids is 1. The SMILES string of the molecule is CN(CC(=O)NC1CCS(=O)(=O)C1)C1CCCc2ccccc21. The number of aryl methyl sites for hydroxylation is 1. The zero-order valence-corrected chi connectivity index (χ0v) is 14.3. The molecule has 1 aromatic rings. The molecule has 5 nitrogen and oxygen atoms in total. The van der Waals surface area contributed by atoms with Gasteiger partial charge in [0.1, 0.15) is 0 Å². The highest BCUT2D eigenvalue weighted by Crippen LogP contribution is 2.33. The summed E-state index contributed by atoms with van der Waals surface area (Å²) in [6.45, 7) is 0.301. The van der Waals surface area contributed by atoms with E-state index >= 15 is 0 Å². The maximum absolute atomic E-state index is 12.2. The van der Waals surface area contributed by atoms with Crippen LogP contribution in [0.2, 0.25) is 0 Å². The second kappa shape index (κ2) is 6.61. The van der Waals surface area contributed by atoms with Crippen molar-refractivity contribution in [1.82, 2.24) is 10.2 Å². The van der Waals surface area contributed by atoms with E-state index in [1.54, 1.807) is 0 Å². The number of likely N-dealkylation sites (N-methyl/N-ethyl adjacent to an activating group) is 1. The molecule has 3 rings (SSSR count). The zero-order chi connectivity index (χ0) is 16.4.